The molecule has 1 fully saturated rings. The Hall–Kier alpha value is -3.15. The fourth-order valence-corrected chi connectivity index (χ4v) is 2.29. The monoisotopic (exact) mass is 326 g/mol. The van der Waals surface area contributed by atoms with E-state index < -0.39 is 11.9 Å². The highest BCUT2D eigenvalue weighted by atomic mass is 19.1. The van der Waals surface area contributed by atoms with Crippen molar-refractivity contribution >= 4 is 18.0 Å². The van der Waals surface area contributed by atoms with Crippen molar-refractivity contribution in [2.24, 2.45) is 0 Å². The molecule has 24 heavy (non-hydrogen) atoms. The molecule has 0 atom stereocenters. The number of urea groups is 1. The topological polar surface area (TPSA) is 67.4 Å². The Morgan fingerprint density at radius 2 is 1.83 bits per heavy atom. The number of carbonyl (C=O) groups excluding carboxylic acids is 2. The summed E-state index contributed by atoms with van der Waals surface area (Å²) < 4.78 is 18.7. The molecule has 0 spiro atoms. The van der Waals surface area contributed by atoms with Crippen LogP contribution >= 0.6 is 0 Å². The van der Waals surface area contributed by atoms with Crippen LogP contribution in [0.1, 0.15) is 16.7 Å². The molecule has 122 valence electrons. The minimum Gasteiger partial charge on any atom is -0.488 e. The van der Waals surface area contributed by atoms with Crippen molar-refractivity contribution in [1.82, 2.24) is 10.6 Å². The molecule has 0 aromatic heterocycles. The van der Waals surface area contributed by atoms with E-state index in [2.05, 4.69) is 10.6 Å². The number of benzene rings is 2. The Morgan fingerprint density at radius 3 is 2.50 bits per heavy atom. The summed E-state index contributed by atoms with van der Waals surface area (Å²) in [5, 5.41) is 4.59. The zero-order valence-electron chi connectivity index (χ0n) is 12.9. The van der Waals surface area contributed by atoms with Crippen LogP contribution in [0.25, 0.3) is 6.08 Å². The zero-order valence-corrected chi connectivity index (χ0v) is 12.9. The van der Waals surface area contributed by atoms with Gasteiger partial charge in [-0.25, -0.2) is 9.18 Å². The molecule has 0 radical (unpaired) electrons. The lowest BCUT2D eigenvalue weighted by Crippen LogP contribution is -2.22. The van der Waals surface area contributed by atoms with Crippen molar-refractivity contribution in [3.8, 4) is 5.75 Å². The second-order valence-corrected chi connectivity index (χ2v) is 5.42. The number of ether oxygens (including phenoxy) is 1. The molecule has 6 heteroatoms. The van der Waals surface area contributed by atoms with Gasteiger partial charge in [0.15, 0.2) is 0 Å². The molecular weight excluding hydrogens is 311 g/mol. The van der Waals surface area contributed by atoms with Gasteiger partial charge in [0.1, 0.15) is 23.9 Å². The average molecular weight is 326 g/mol. The first-order valence-corrected chi connectivity index (χ1v) is 7.33. The normalized spacial score (nSPS) is 15.3. The molecule has 0 aliphatic carbocycles. The molecular formula is C18H15FN2O3. The summed E-state index contributed by atoms with van der Waals surface area (Å²) >= 11 is 0. The Morgan fingerprint density at radius 1 is 1.08 bits per heavy atom. The van der Waals surface area contributed by atoms with E-state index in [0.29, 0.717) is 11.3 Å². The predicted octanol–water partition coefficient (Wildman–Crippen LogP) is 2.89. The van der Waals surface area contributed by atoms with Gasteiger partial charge in [-0.15, -0.1) is 0 Å². The molecule has 1 aliphatic rings. The van der Waals surface area contributed by atoms with Crippen molar-refractivity contribution < 1.29 is 18.7 Å². The Balaban J connectivity index is 1.83. The molecule has 1 aliphatic heterocycles. The summed E-state index contributed by atoms with van der Waals surface area (Å²) in [6, 6.07) is 11.0. The van der Waals surface area contributed by atoms with Crippen molar-refractivity contribution in [3.63, 3.8) is 0 Å². The maximum absolute atomic E-state index is 12.9. The Labute approximate surface area is 138 Å². The molecule has 1 heterocycles. The van der Waals surface area contributed by atoms with Gasteiger partial charge in [0.05, 0.1) is 0 Å². The smallest absolute Gasteiger partial charge is 0.326 e. The van der Waals surface area contributed by atoms with Crippen LogP contribution in [0, 0.1) is 12.7 Å². The Kier molecular flexibility index (Phi) is 4.29. The van der Waals surface area contributed by atoms with Crippen molar-refractivity contribution in [2.75, 3.05) is 0 Å². The number of aryl methyl sites for hydroxylation is 1. The van der Waals surface area contributed by atoms with Crippen LogP contribution in [-0.2, 0) is 11.4 Å². The molecule has 2 N–H and O–H groups in total. The lowest BCUT2D eigenvalue weighted by atomic mass is 10.1. The van der Waals surface area contributed by atoms with E-state index in [1.807, 2.05) is 19.1 Å². The SMILES string of the molecule is Cc1ccc(OCc2ccc(F)cc2)c(/C=C2/NC(=O)NC2=O)c1. The first kappa shape index (κ1) is 15.7. The number of nitrogens with one attached hydrogen (secondary N) is 2. The first-order valence-electron chi connectivity index (χ1n) is 7.33. The molecule has 0 saturated carbocycles. The summed E-state index contributed by atoms with van der Waals surface area (Å²) in [7, 11) is 0. The van der Waals surface area contributed by atoms with Gasteiger partial charge in [0.2, 0.25) is 0 Å². The maximum atomic E-state index is 12.9. The van der Waals surface area contributed by atoms with Crippen LogP contribution in [0.5, 0.6) is 5.75 Å². The van der Waals surface area contributed by atoms with Gasteiger partial charge in [0.25, 0.3) is 5.91 Å². The van der Waals surface area contributed by atoms with E-state index >= 15 is 0 Å². The summed E-state index contributed by atoms with van der Waals surface area (Å²) in [6.07, 6.45) is 1.56. The quantitative estimate of drug-likeness (QED) is 0.670. The van der Waals surface area contributed by atoms with Crippen LogP contribution in [0.4, 0.5) is 9.18 Å². The number of halogens is 1. The van der Waals surface area contributed by atoms with Gasteiger partial charge in [-0.1, -0.05) is 23.8 Å². The first-order chi connectivity index (χ1) is 11.5. The van der Waals surface area contributed by atoms with Gasteiger partial charge in [-0.05, 0) is 42.8 Å². The third-order valence-corrected chi connectivity index (χ3v) is 3.49. The largest absolute Gasteiger partial charge is 0.488 e. The molecule has 1 saturated heterocycles. The van der Waals surface area contributed by atoms with E-state index in [0.717, 1.165) is 11.1 Å². The minimum absolute atomic E-state index is 0.164. The third kappa shape index (κ3) is 3.60. The molecule has 2 aromatic rings. The van der Waals surface area contributed by atoms with Gasteiger partial charge < -0.3 is 10.1 Å². The fourth-order valence-electron chi connectivity index (χ4n) is 2.29. The maximum Gasteiger partial charge on any atom is 0.326 e. The summed E-state index contributed by atoms with van der Waals surface area (Å²) in [6.45, 7) is 2.18. The van der Waals surface area contributed by atoms with Crippen molar-refractivity contribution in [2.45, 2.75) is 13.5 Å². The number of hydrogen-bond acceptors (Lipinski definition) is 3. The average Bonchev–Trinajstić information content (AvgIpc) is 2.86. The number of imide groups is 1. The van der Waals surface area contributed by atoms with Gasteiger partial charge in [0, 0.05) is 5.56 Å². The van der Waals surface area contributed by atoms with Crippen LogP contribution < -0.4 is 15.4 Å². The minimum atomic E-state index is -0.548. The van der Waals surface area contributed by atoms with Crippen LogP contribution in [0.15, 0.2) is 48.2 Å². The van der Waals surface area contributed by atoms with Gasteiger partial charge in [-0.3, -0.25) is 10.1 Å². The lowest BCUT2D eigenvalue weighted by Gasteiger charge is -2.11. The number of amides is 3. The molecule has 2 aromatic carbocycles. The molecule has 0 unspecified atom stereocenters. The number of carbonyl (C=O) groups is 2. The van der Waals surface area contributed by atoms with Crippen LogP contribution in [0.2, 0.25) is 0 Å². The standard InChI is InChI=1S/C18H15FN2O3/c1-11-2-7-16(24-10-12-3-5-14(19)6-4-12)13(8-11)9-15-17(22)21-18(23)20-15/h2-9H,10H2,1H3,(H2,20,21,22,23)/b15-9+. The number of hydrogen-bond donors (Lipinski definition) is 2. The second kappa shape index (κ2) is 6.54. The molecule has 3 rings (SSSR count). The summed E-state index contributed by atoms with van der Waals surface area (Å²) in [4.78, 5) is 22.9. The zero-order chi connectivity index (χ0) is 17.1. The van der Waals surface area contributed by atoms with Gasteiger partial charge >= 0.3 is 6.03 Å². The van der Waals surface area contributed by atoms with Crippen molar-refractivity contribution in [1.29, 1.82) is 0 Å². The lowest BCUT2D eigenvalue weighted by molar-refractivity contribution is -0.115. The third-order valence-electron chi connectivity index (χ3n) is 3.49. The highest BCUT2D eigenvalue weighted by Crippen LogP contribution is 2.24. The highest BCUT2D eigenvalue weighted by Gasteiger charge is 2.23. The Bertz CT molecular complexity index is 829. The van der Waals surface area contributed by atoms with E-state index in [1.165, 1.54) is 12.1 Å². The summed E-state index contributed by atoms with van der Waals surface area (Å²) in [5.74, 6) is -0.222. The van der Waals surface area contributed by atoms with E-state index in [-0.39, 0.29) is 18.1 Å². The van der Waals surface area contributed by atoms with E-state index in [4.69, 9.17) is 4.74 Å². The predicted molar refractivity (Wildman–Crippen MR) is 86.6 cm³/mol. The summed E-state index contributed by atoms with van der Waals surface area (Å²) in [5.41, 5.74) is 2.64. The van der Waals surface area contributed by atoms with Crippen molar-refractivity contribution in [3.05, 3.63) is 70.7 Å². The van der Waals surface area contributed by atoms with Gasteiger partial charge in [-0.2, -0.15) is 0 Å². The second-order valence-electron chi connectivity index (χ2n) is 5.42. The van der Waals surface area contributed by atoms with Crippen LogP contribution in [0.3, 0.4) is 0 Å². The van der Waals surface area contributed by atoms with Crippen LogP contribution in [-0.4, -0.2) is 11.9 Å². The fraction of sp³-hybridized carbons (Fsp3) is 0.111. The molecule has 3 amide bonds. The number of rotatable bonds is 4. The molecule has 5 nitrogen and oxygen atoms in total. The molecule has 0 bridgehead atoms. The van der Waals surface area contributed by atoms with E-state index in [9.17, 15) is 14.0 Å². The highest BCUT2D eigenvalue weighted by molar-refractivity contribution is 6.14. The van der Waals surface area contributed by atoms with E-state index in [1.54, 1.807) is 24.3 Å².